The smallest absolute Gasteiger partial charge is 0.193 e. The Bertz CT molecular complexity index is 313. The van der Waals surface area contributed by atoms with E-state index in [1.807, 2.05) is 0 Å². The lowest BCUT2D eigenvalue weighted by atomic mass is 10.2. The Morgan fingerprint density at radius 3 is 2.48 bits per heavy atom. The van der Waals surface area contributed by atoms with Crippen molar-refractivity contribution < 1.29 is 0 Å². The normalized spacial score (nSPS) is 22.6. The Balaban J connectivity index is 0.00000220. The summed E-state index contributed by atoms with van der Waals surface area (Å²) in [6.45, 7) is 13.3. The van der Waals surface area contributed by atoms with Crippen molar-refractivity contribution in [3.63, 3.8) is 0 Å². The van der Waals surface area contributed by atoms with E-state index in [-0.39, 0.29) is 24.0 Å². The topological polar surface area (TPSA) is 30.9 Å². The molecule has 0 bridgehead atoms. The molecule has 1 aliphatic heterocycles. The number of nitrogens with zero attached hydrogens (tertiary/aromatic N) is 3. The molecule has 2 aliphatic rings. The highest BCUT2D eigenvalue weighted by Gasteiger charge is 2.28. The first-order valence-electron chi connectivity index (χ1n) is 8.55. The second-order valence-electron chi connectivity index (χ2n) is 6.08. The van der Waals surface area contributed by atoms with Crippen LogP contribution in [0.1, 0.15) is 46.5 Å². The maximum atomic E-state index is 4.83. The van der Waals surface area contributed by atoms with Gasteiger partial charge in [-0.2, -0.15) is 0 Å². The van der Waals surface area contributed by atoms with Crippen LogP contribution in [0, 0.1) is 5.92 Å². The van der Waals surface area contributed by atoms with Gasteiger partial charge in [0.2, 0.25) is 0 Å². The summed E-state index contributed by atoms with van der Waals surface area (Å²) in [5, 5.41) is 3.47. The van der Waals surface area contributed by atoms with E-state index >= 15 is 0 Å². The number of likely N-dealkylation sites (tertiary alicyclic amines) is 1. The van der Waals surface area contributed by atoms with Crippen molar-refractivity contribution in [3.8, 4) is 0 Å². The van der Waals surface area contributed by atoms with Crippen LogP contribution in [-0.2, 0) is 0 Å². The number of likely N-dealkylation sites (N-methyl/N-ethyl adjacent to an activating group) is 1. The Hall–Kier alpha value is -0.0400. The van der Waals surface area contributed by atoms with Gasteiger partial charge in [-0.3, -0.25) is 9.89 Å². The third-order valence-corrected chi connectivity index (χ3v) is 4.62. The molecule has 124 valence electrons. The third kappa shape index (κ3) is 5.93. The van der Waals surface area contributed by atoms with Crippen LogP contribution in [0.4, 0.5) is 0 Å². The molecular weight excluding hydrogens is 375 g/mol. The fourth-order valence-electron chi connectivity index (χ4n) is 3.16. The minimum absolute atomic E-state index is 0. The Kier molecular flexibility index (Phi) is 8.94. The number of hydrogen-bond acceptors (Lipinski definition) is 2. The highest BCUT2D eigenvalue weighted by Crippen LogP contribution is 2.32. The maximum Gasteiger partial charge on any atom is 0.193 e. The van der Waals surface area contributed by atoms with Crippen molar-refractivity contribution in [2.75, 3.05) is 39.3 Å². The Morgan fingerprint density at radius 2 is 1.90 bits per heavy atom. The largest absolute Gasteiger partial charge is 0.357 e. The van der Waals surface area contributed by atoms with Crippen molar-refractivity contribution in [2.45, 2.75) is 52.5 Å². The van der Waals surface area contributed by atoms with Gasteiger partial charge in [0.25, 0.3) is 0 Å². The average molecular weight is 408 g/mol. The van der Waals surface area contributed by atoms with E-state index in [9.17, 15) is 0 Å². The Morgan fingerprint density at radius 1 is 1.19 bits per heavy atom. The minimum atomic E-state index is 0. The van der Waals surface area contributed by atoms with E-state index in [1.165, 1.54) is 25.7 Å². The predicted molar refractivity (Wildman–Crippen MR) is 102 cm³/mol. The molecular formula is C16H33IN4. The lowest BCUT2D eigenvalue weighted by Gasteiger charge is -2.27. The molecule has 4 nitrogen and oxygen atoms in total. The average Bonchev–Trinajstić information content (AvgIpc) is 3.15. The fraction of sp³-hybridized carbons (Fsp3) is 0.938. The van der Waals surface area contributed by atoms with Crippen molar-refractivity contribution in [2.24, 2.45) is 10.9 Å². The van der Waals surface area contributed by atoms with Gasteiger partial charge in [0.1, 0.15) is 0 Å². The molecule has 0 aromatic rings. The summed E-state index contributed by atoms with van der Waals surface area (Å²) in [6.07, 6.45) is 5.41. The molecule has 1 saturated carbocycles. The van der Waals surface area contributed by atoms with E-state index < -0.39 is 0 Å². The van der Waals surface area contributed by atoms with Gasteiger partial charge in [-0.1, -0.05) is 26.7 Å². The van der Waals surface area contributed by atoms with Gasteiger partial charge in [-0.05, 0) is 38.8 Å². The molecule has 0 amide bonds. The summed E-state index contributed by atoms with van der Waals surface area (Å²) in [7, 11) is 0. The molecule has 2 rings (SSSR count). The van der Waals surface area contributed by atoms with Gasteiger partial charge in [-0.15, -0.1) is 24.0 Å². The molecule has 5 heteroatoms. The van der Waals surface area contributed by atoms with Crippen molar-refractivity contribution in [1.29, 1.82) is 0 Å². The zero-order valence-corrected chi connectivity index (χ0v) is 16.3. The Labute approximate surface area is 147 Å². The SMILES string of the molecule is CCNC(=NCCC1CC1)N1CCC(N(CC)CC)C1.I. The molecule has 0 aromatic carbocycles. The van der Waals surface area contributed by atoms with E-state index in [1.54, 1.807) is 0 Å². The molecule has 1 aliphatic carbocycles. The van der Waals surface area contributed by atoms with Crippen LogP contribution in [-0.4, -0.2) is 61.1 Å². The summed E-state index contributed by atoms with van der Waals surface area (Å²) in [5.41, 5.74) is 0. The number of halogens is 1. The molecule has 21 heavy (non-hydrogen) atoms. The maximum absolute atomic E-state index is 4.83. The molecule has 1 heterocycles. The van der Waals surface area contributed by atoms with E-state index in [0.717, 1.165) is 51.1 Å². The van der Waals surface area contributed by atoms with Crippen molar-refractivity contribution >= 4 is 29.9 Å². The quantitative estimate of drug-likeness (QED) is 0.399. The highest BCUT2D eigenvalue weighted by atomic mass is 127. The number of hydrogen-bond donors (Lipinski definition) is 1. The molecule has 2 fully saturated rings. The summed E-state index contributed by atoms with van der Waals surface area (Å²) in [4.78, 5) is 9.87. The van der Waals surface area contributed by atoms with Gasteiger partial charge in [0, 0.05) is 32.2 Å². The van der Waals surface area contributed by atoms with Gasteiger partial charge < -0.3 is 10.2 Å². The summed E-state index contributed by atoms with van der Waals surface area (Å²) in [5.74, 6) is 2.12. The first-order valence-corrected chi connectivity index (χ1v) is 8.55. The zero-order valence-electron chi connectivity index (χ0n) is 14.0. The van der Waals surface area contributed by atoms with Gasteiger partial charge in [0.05, 0.1) is 0 Å². The van der Waals surface area contributed by atoms with Crippen molar-refractivity contribution in [3.05, 3.63) is 0 Å². The van der Waals surface area contributed by atoms with Crippen LogP contribution in [0.3, 0.4) is 0 Å². The standard InChI is InChI=1S/C16H32N4.HI/c1-4-17-16(18-11-9-14-7-8-14)20-12-10-15(13-20)19(5-2)6-3;/h14-15H,4-13H2,1-3H3,(H,17,18);1H. The summed E-state index contributed by atoms with van der Waals surface area (Å²) < 4.78 is 0. The number of guanidine groups is 1. The van der Waals surface area contributed by atoms with Gasteiger partial charge in [-0.25, -0.2) is 0 Å². The zero-order chi connectivity index (χ0) is 14.4. The lowest BCUT2D eigenvalue weighted by molar-refractivity contribution is 0.223. The van der Waals surface area contributed by atoms with Gasteiger partial charge in [0.15, 0.2) is 5.96 Å². The van der Waals surface area contributed by atoms with Crippen molar-refractivity contribution in [1.82, 2.24) is 15.1 Å². The fourth-order valence-corrected chi connectivity index (χ4v) is 3.16. The third-order valence-electron chi connectivity index (χ3n) is 4.62. The second kappa shape index (κ2) is 9.87. The molecule has 1 saturated heterocycles. The van der Waals surface area contributed by atoms with Crippen LogP contribution < -0.4 is 5.32 Å². The number of aliphatic imine (C=N–C) groups is 1. The van der Waals surface area contributed by atoms with Crippen LogP contribution >= 0.6 is 24.0 Å². The van der Waals surface area contributed by atoms with E-state index in [2.05, 4.69) is 35.9 Å². The van der Waals surface area contributed by atoms with Gasteiger partial charge >= 0.3 is 0 Å². The molecule has 0 spiro atoms. The minimum Gasteiger partial charge on any atom is -0.357 e. The molecule has 1 atom stereocenters. The molecule has 1 N–H and O–H groups in total. The molecule has 1 unspecified atom stereocenters. The number of nitrogens with one attached hydrogen (secondary N) is 1. The number of rotatable bonds is 7. The van der Waals surface area contributed by atoms with Crippen LogP contribution in [0.25, 0.3) is 0 Å². The molecule has 0 radical (unpaired) electrons. The second-order valence-corrected chi connectivity index (χ2v) is 6.08. The summed E-state index contributed by atoms with van der Waals surface area (Å²) >= 11 is 0. The highest BCUT2D eigenvalue weighted by molar-refractivity contribution is 14.0. The summed E-state index contributed by atoms with van der Waals surface area (Å²) in [6, 6.07) is 0.706. The lowest BCUT2D eigenvalue weighted by Crippen LogP contribution is -2.43. The molecule has 0 aromatic heterocycles. The van der Waals surface area contributed by atoms with E-state index in [0.29, 0.717) is 6.04 Å². The first kappa shape index (κ1) is 19.0. The van der Waals surface area contributed by atoms with E-state index in [4.69, 9.17) is 4.99 Å². The monoisotopic (exact) mass is 408 g/mol. The van der Waals surface area contributed by atoms with Crippen LogP contribution in [0.15, 0.2) is 4.99 Å². The van der Waals surface area contributed by atoms with Crippen LogP contribution in [0.5, 0.6) is 0 Å². The van der Waals surface area contributed by atoms with Crippen LogP contribution in [0.2, 0.25) is 0 Å². The predicted octanol–water partition coefficient (Wildman–Crippen LogP) is 2.79. The first-order chi connectivity index (χ1) is 9.78.